The maximum absolute atomic E-state index is 12.9. The van der Waals surface area contributed by atoms with Gasteiger partial charge in [0, 0.05) is 17.0 Å². The Morgan fingerprint density at radius 3 is 2.65 bits per heavy atom. The average Bonchev–Trinajstić information content (AvgIpc) is 3.44. The molecule has 0 aliphatic carbocycles. The lowest BCUT2D eigenvalue weighted by Gasteiger charge is -2.12. The van der Waals surface area contributed by atoms with E-state index in [1.807, 2.05) is 61.7 Å². The van der Waals surface area contributed by atoms with Crippen LogP contribution in [0, 0.1) is 13.8 Å². The van der Waals surface area contributed by atoms with Gasteiger partial charge in [-0.25, -0.2) is 0 Å². The van der Waals surface area contributed by atoms with E-state index < -0.39 is 0 Å². The lowest BCUT2D eigenvalue weighted by atomic mass is 10.1. The normalized spacial score (nSPS) is 12.5. The van der Waals surface area contributed by atoms with Crippen LogP contribution in [0.25, 0.3) is 6.08 Å². The Kier molecular flexibility index (Phi) is 6.04. The van der Waals surface area contributed by atoms with E-state index in [2.05, 4.69) is 10.6 Å². The first kappa shape index (κ1) is 20.7. The molecule has 0 saturated heterocycles. The van der Waals surface area contributed by atoms with Gasteiger partial charge in [-0.05, 0) is 72.3 Å². The second-order valence-electron chi connectivity index (χ2n) is 7.20. The molecule has 0 bridgehead atoms. The maximum Gasteiger partial charge on any atom is 0.268 e. The van der Waals surface area contributed by atoms with Crippen LogP contribution in [0.2, 0.25) is 0 Å². The molecule has 2 heterocycles. The minimum atomic E-state index is -0.372. The minimum absolute atomic E-state index is 0.187. The van der Waals surface area contributed by atoms with Gasteiger partial charge in [-0.2, -0.15) is 0 Å². The first-order chi connectivity index (χ1) is 15.0. The standard InChI is InChI=1S/C24H22N2O4S/c1-15-5-7-18(10-16(15)2)23(27)26-20(12-19-4-3-9-31-19)24(28)25-13-17-6-8-21-22(11-17)30-14-29-21/h3-12H,13-14H2,1-2H3,(H,25,28)(H,26,27)/b20-12+. The van der Waals surface area contributed by atoms with Crippen molar-refractivity contribution >= 4 is 29.2 Å². The molecule has 1 aromatic heterocycles. The molecule has 0 fully saturated rings. The Bertz CT molecular complexity index is 1150. The summed E-state index contributed by atoms with van der Waals surface area (Å²) in [7, 11) is 0. The number of fused-ring (bicyclic) bond motifs is 1. The van der Waals surface area contributed by atoms with Crippen LogP contribution in [0.5, 0.6) is 11.5 Å². The molecule has 0 saturated carbocycles. The number of amides is 2. The number of thiophene rings is 1. The number of benzene rings is 2. The van der Waals surface area contributed by atoms with Gasteiger partial charge in [0.2, 0.25) is 6.79 Å². The van der Waals surface area contributed by atoms with Gasteiger partial charge in [0.25, 0.3) is 11.8 Å². The molecule has 1 aliphatic heterocycles. The molecule has 6 nitrogen and oxygen atoms in total. The Balaban J connectivity index is 1.49. The van der Waals surface area contributed by atoms with Crippen molar-refractivity contribution in [2.45, 2.75) is 20.4 Å². The summed E-state index contributed by atoms with van der Waals surface area (Å²) in [6, 6.07) is 14.8. The monoisotopic (exact) mass is 434 g/mol. The van der Waals surface area contributed by atoms with Crippen LogP contribution in [0.15, 0.2) is 59.6 Å². The molecule has 2 amide bonds. The third kappa shape index (κ3) is 4.95. The highest BCUT2D eigenvalue weighted by atomic mass is 32.1. The van der Waals surface area contributed by atoms with Gasteiger partial charge in [-0.3, -0.25) is 9.59 Å². The SMILES string of the molecule is Cc1ccc(C(=O)N/C(=C/c2cccs2)C(=O)NCc2ccc3c(c2)OCO3)cc1C. The van der Waals surface area contributed by atoms with Crippen molar-refractivity contribution in [1.29, 1.82) is 0 Å². The molecule has 0 unspecified atom stereocenters. The molecule has 0 spiro atoms. The van der Waals surface area contributed by atoms with E-state index in [4.69, 9.17) is 9.47 Å². The fraction of sp³-hybridized carbons (Fsp3) is 0.167. The summed E-state index contributed by atoms with van der Waals surface area (Å²) in [6.07, 6.45) is 1.68. The quantitative estimate of drug-likeness (QED) is 0.571. The van der Waals surface area contributed by atoms with Gasteiger partial charge >= 0.3 is 0 Å². The van der Waals surface area contributed by atoms with Crippen molar-refractivity contribution in [3.63, 3.8) is 0 Å². The summed E-state index contributed by atoms with van der Waals surface area (Å²) < 4.78 is 10.7. The summed E-state index contributed by atoms with van der Waals surface area (Å²) in [5, 5.41) is 7.55. The zero-order chi connectivity index (χ0) is 21.8. The van der Waals surface area contributed by atoms with Gasteiger partial charge < -0.3 is 20.1 Å². The van der Waals surface area contributed by atoms with E-state index >= 15 is 0 Å². The van der Waals surface area contributed by atoms with Gasteiger partial charge in [0.1, 0.15) is 5.70 Å². The van der Waals surface area contributed by atoms with Crippen molar-refractivity contribution in [1.82, 2.24) is 10.6 Å². The van der Waals surface area contributed by atoms with Crippen LogP contribution in [0.3, 0.4) is 0 Å². The molecule has 4 rings (SSSR count). The van der Waals surface area contributed by atoms with Crippen molar-refractivity contribution < 1.29 is 19.1 Å². The lowest BCUT2D eigenvalue weighted by molar-refractivity contribution is -0.117. The summed E-state index contributed by atoms with van der Waals surface area (Å²) >= 11 is 1.49. The smallest absolute Gasteiger partial charge is 0.268 e. The van der Waals surface area contributed by atoms with E-state index in [-0.39, 0.29) is 30.8 Å². The number of hydrogen-bond donors (Lipinski definition) is 2. The molecule has 2 aromatic carbocycles. The molecule has 2 N–H and O–H groups in total. The fourth-order valence-corrected chi connectivity index (χ4v) is 3.74. The molecule has 1 aliphatic rings. The summed E-state index contributed by atoms with van der Waals surface area (Å²) in [5.41, 5.74) is 3.68. The Morgan fingerprint density at radius 2 is 1.87 bits per heavy atom. The first-order valence-electron chi connectivity index (χ1n) is 9.80. The molecule has 3 aromatic rings. The summed E-state index contributed by atoms with van der Waals surface area (Å²) in [5.74, 6) is 0.644. The highest BCUT2D eigenvalue weighted by Crippen LogP contribution is 2.32. The van der Waals surface area contributed by atoms with Crippen LogP contribution in [-0.2, 0) is 11.3 Å². The predicted octanol–water partition coefficient (Wildman–Crippen LogP) is 4.18. The predicted molar refractivity (Wildman–Crippen MR) is 120 cm³/mol. The third-order valence-corrected chi connectivity index (χ3v) is 5.80. The van der Waals surface area contributed by atoms with Crippen LogP contribution in [0.1, 0.15) is 31.9 Å². The fourth-order valence-electron chi connectivity index (χ4n) is 3.08. The second kappa shape index (κ2) is 9.06. The Labute approximate surface area is 184 Å². The topological polar surface area (TPSA) is 76.7 Å². The third-order valence-electron chi connectivity index (χ3n) is 4.98. The molecule has 31 heavy (non-hydrogen) atoms. The molecule has 7 heteroatoms. The zero-order valence-corrected chi connectivity index (χ0v) is 18.0. The number of carbonyl (C=O) groups excluding carboxylic acids is 2. The molecule has 0 atom stereocenters. The number of aryl methyl sites for hydroxylation is 2. The van der Waals surface area contributed by atoms with E-state index in [1.165, 1.54) is 11.3 Å². The van der Waals surface area contributed by atoms with E-state index in [0.717, 1.165) is 21.6 Å². The molecule has 158 valence electrons. The van der Waals surface area contributed by atoms with Crippen LogP contribution in [0.4, 0.5) is 0 Å². The molecule has 0 radical (unpaired) electrons. The van der Waals surface area contributed by atoms with Crippen molar-refractivity contribution in [2.75, 3.05) is 6.79 Å². The van der Waals surface area contributed by atoms with Gasteiger partial charge in [-0.1, -0.05) is 18.2 Å². The van der Waals surface area contributed by atoms with E-state index in [1.54, 1.807) is 12.1 Å². The number of ether oxygens (including phenoxy) is 2. The number of nitrogens with one attached hydrogen (secondary N) is 2. The maximum atomic E-state index is 12.9. The van der Waals surface area contributed by atoms with Gasteiger partial charge in [0.05, 0.1) is 0 Å². The molecular formula is C24H22N2O4S. The average molecular weight is 435 g/mol. The van der Waals surface area contributed by atoms with Crippen molar-refractivity contribution in [2.24, 2.45) is 0 Å². The molecular weight excluding hydrogens is 412 g/mol. The second-order valence-corrected chi connectivity index (χ2v) is 8.18. The van der Waals surface area contributed by atoms with Gasteiger partial charge in [0.15, 0.2) is 11.5 Å². The highest BCUT2D eigenvalue weighted by molar-refractivity contribution is 7.10. The lowest BCUT2D eigenvalue weighted by Crippen LogP contribution is -2.34. The largest absolute Gasteiger partial charge is 0.454 e. The van der Waals surface area contributed by atoms with Crippen LogP contribution >= 0.6 is 11.3 Å². The van der Waals surface area contributed by atoms with E-state index in [0.29, 0.717) is 17.1 Å². The zero-order valence-electron chi connectivity index (χ0n) is 17.2. The number of rotatable bonds is 6. The number of carbonyl (C=O) groups is 2. The summed E-state index contributed by atoms with van der Waals surface area (Å²) in [4.78, 5) is 26.6. The number of hydrogen-bond acceptors (Lipinski definition) is 5. The first-order valence-corrected chi connectivity index (χ1v) is 10.7. The Morgan fingerprint density at radius 1 is 1.03 bits per heavy atom. The van der Waals surface area contributed by atoms with Gasteiger partial charge in [-0.15, -0.1) is 11.3 Å². The van der Waals surface area contributed by atoms with Crippen LogP contribution in [-0.4, -0.2) is 18.6 Å². The summed E-state index contributed by atoms with van der Waals surface area (Å²) in [6.45, 7) is 4.43. The highest BCUT2D eigenvalue weighted by Gasteiger charge is 2.17. The van der Waals surface area contributed by atoms with Crippen molar-refractivity contribution in [3.05, 3.63) is 86.7 Å². The van der Waals surface area contributed by atoms with Crippen LogP contribution < -0.4 is 20.1 Å². The van der Waals surface area contributed by atoms with E-state index in [9.17, 15) is 9.59 Å². The Hall–Kier alpha value is -3.58. The van der Waals surface area contributed by atoms with Crippen molar-refractivity contribution in [3.8, 4) is 11.5 Å². The minimum Gasteiger partial charge on any atom is -0.454 e.